The number of nitriles is 2. The third-order valence-corrected chi connectivity index (χ3v) is 2.90. The first-order valence-corrected chi connectivity index (χ1v) is 4.88. The van der Waals surface area contributed by atoms with Crippen molar-refractivity contribution in [3.05, 3.63) is 36.8 Å². The molecule has 0 aromatic carbocycles. The minimum Gasteiger partial charge on any atom is -0.466 e. The molecule has 2 rings (SSSR count). The Labute approximate surface area is 93.3 Å². The van der Waals surface area contributed by atoms with Crippen molar-refractivity contribution in [3.8, 4) is 12.1 Å². The molecule has 1 aromatic heterocycles. The molecule has 0 saturated carbocycles. The molecule has 1 aliphatic rings. The van der Waals surface area contributed by atoms with Crippen LogP contribution < -0.4 is 0 Å². The van der Waals surface area contributed by atoms with Gasteiger partial charge in [0, 0.05) is 5.92 Å². The normalized spacial score (nSPS) is 26.9. The second kappa shape index (κ2) is 3.84. The van der Waals surface area contributed by atoms with Crippen LogP contribution in [-0.2, 0) is 4.74 Å². The van der Waals surface area contributed by atoms with Crippen LogP contribution in [0.25, 0.3) is 0 Å². The number of hydrogen-bond donors (Lipinski definition) is 0. The lowest BCUT2D eigenvalue weighted by atomic mass is 9.75. The molecule has 0 aliphatic carbocycles. The Bertz CT molecular complexity index is 450. The lowest BCUT2D eigenvalue weighted by Crippen LogP contribution is -2.27. The summed E-state index contributed by atoms with van der Waals surface area (Å²) in [6, 6.07) is 7.51. The summed E-state index contributed by atoms with van der Waals surface area (Å²) in [4.78, 5) is 0. The standard InChI is InChI=1S/C12H10N2O2/c1-2-9-6-16-11(10-4-3-5-15-10)12(9,7-13)8-14/h2-5,9,11H,1,6H2. The summed E-state index contributed by atoms with van der Waals surface area (Å²) in [6.07, 6.45) is 2.45. The minimum absolute atomic E-state index is 0.294. The van der Waals surface area contributed by atoms with Gasteiger partial charge in [-0.2, -0.15) is 10.5 Å². The largest absolute Gasteiger partial charge is 0.466 e. The molecule has 0 spiro atoms. The molecular formula is C12H10N2O2. The summed E-state index contributed by atoms with van der Waals surface area (Å²) >= 11 is 0. The summed E-state index contributed by atoms with van der Waals surface area (Å²) < 4.78 is 10.7. The predicted octanol–water partition coefficient (Wildman–Crippen LogP) is 2.19. The lowest BCUT2D eigenvalue weighted by molar-refractivity contribution is 0.0678. The molecule has 1 aliphatic heterocycles. The summed E-state index contributed by atoms with van der Waals surface area (Å²) in [5.41, 5.74) is -1.24. The van der Waals surface area contributed by atoms with Crippen molar-refractivity contribution in [1.29, 1.82) is 10.5 Å². The second-order valence-corrected chi connectivity index (χ2v) is 3.66. The van der Waals surface area contributed by atoms with Crippen molar-refractivity contribution in [2.75, 3.05) is 6.61 Å². The fourth-order valence-corrected chi connectivity index (χ4v) is 1.97. The molecule has 1 aromatic rings. The van der Waals surface area contributed by atoms with Crippen LogP contribution in [0.2, 0.25) is 0 Å². The van der Waals surface area contributed by atoms with Crippen LogP contribution in [0.15, 0.2) is 35.5 Å². The highest BCUT2D eigenvalue weighted by atomic mass is 16.5. The smallest absolute Gasteiger partial charge is 0.185 e. The zero-order valence-corrected chi connectivity index (χ0v) is 8.59. The van der Waals surface area contributed by atoms with E-state index in [0.29, 0.717) is 12.4 Å². The summed E-state index contributed by atoms with van der Waals surface area (Å²) in [5.74, 6) is 0.213. The van der Waals surface area contributed by atoms with Gasteiger partial charge in [-0.05, 0) is 12.1 Å². The molecule has 80 valence electrons. The van der Waals surface area contributed by atoms with Crippen molar-refractivity contribution in [2.24, 2.45) is 11.3 Å². The van der Waals surface area contributed by atoms with Crippen molar-refractivity contribution < 1.29 is 9.15 Å². The average molecular weight is 214 g/mol. The van der Waals surface area contributed by atoms with Gasteiger partial charge in [0.2, 0.25) is 0 Å². The molecule has 4 nitrogen and oxygen atoms in total. The van der Waals surface area contributed by atoms with Gasteiger partial charge in [-0.25, -0.2) is 0 Å². The van der Waals surface area contributed by atoms with Gasteiger partial charge >= 0.3 is 0 Å². The van der Waals surface area contributed by atoms with Crippen LogP contribution >= 0.6 is 0 Å². The van der Waals surface area contributed by atoms with Crippen molar-refractivity contribution in [1.82, 2.24) is 0 Å². The highest BCUT2D eigenvalue weighted by molar-refractivity contribution is 5.29. The fourth-order valence-electron chi connectivity index (χ4n) is 1.97. The van der Waals surface area contributed by atoms with E-state index in [1.165, 1.54) is 6.26 Å². The maximum Gasteiger partial charge on any atom is 0.185 e. The van der Waals surface area contributed by atoms with Crippen LogP contribution in [0.3, 0.4) is 0 Å². The lowest BCUT2D eigenvalue weighted by Gasteiger charge is -2.21. The zero-order chi connectivity index (χ0) is 11.6. The number of rotatable bonds is 2. The van der Waals surface area contributed by atoms with Crippen molar-refractivity contribution in [2.45, 2.75) is 6.10 Å². The first kappa shape index (κ1) is 10.5. The summed E-state index contributed by atoms with van der Waals surface area (Å²) in [7, 11) is 0. The molecule has 0 bridgehead atoms. The van der Waals surface area contributed by atoms with Crippen LogP contribution in [-0.4, -0.2) is 6.61 Å². The molecule has 16 heavy (non-hydrogen) atoms. The number of ether oxygens (including phenoxy) is 1. The van der Waals surface area contributed by atoms with Gasteiger partial charge in [-0.3, -0.25) is 0 Å². The van der Waals surface area contributed by atoms with Gasteiger partial charge in [0.05, 0.1) is 25.0 Å². The average Bonchev–Trinajstić information content (AvgIpc) is 2.95. The molecule has 0 radical (unpaired) electrons. The first-order chi connectivity index (χ1) is 7.78. The van der Waals surface area contributed by atoms with Crippen LogP contribution in [0.5, 0.6) is 0 Å². The SMILES string of the molecule is C=CC1COC(c2ccco2)C1(C#N)C#N. The highest BCUT2D eigenvalue weighted by Crippen LogP contribution is 2.48. The fraction of sp³-hybridized carbons (Fsp3) is 0.333. The Kier molecular flexibility index (Phi) is 2.52. The van der Waals surface area contributed by atoms with Crippen molar-refractivity contribution in [3.63, 3.8) is 0 Å². The Balaban J connectivity index is 2.46. The molecule has 0 amide bonds. The third kappa shape index (κ3) is 1.25. The third-order valence-electron chi connectivity index (χ3n) is 2.90. The van der Waals surface area contributed by atoms with Gasteiger partial charge in [0.25, 0.3) is 0 Å². The van der Waals surface area contributed by atoms with Gasteiger partial charge in [-0.15, -0.1) is 6.58 Å². The van der Waals surface area contributed by atoms with E-state index < -0.39 is 11.5 Å². The first-order valence-electron chi connectivity index (χ1n) is 4.88. The van der Waals surface area contributed by atoms with E-state index in [1.54, 1.807) is 18.2 Å². The monoisotopic (exact) mass is 214 g/mol. The number of furan rings is 1. The Morgan fingerprint density at radius 3 is 2.75 bits per heavy atom. The van der Waals surface area contributed by atoms with Crippen molar-refractivity contribution >= 4 is 0 Å². The van der Waals surface area contributed by atoms with E-state index >= 15 is 0 Å². The molecule has 4 heteroatoms. The quantitative estimate of drug-likeness (QED) is 0.707. The van der Waals surface area contributed by atoms with E-state index in [1.807, 2.05) is 12.1 Å². The van der Waals surface area contributed by atoms with Crippen LogP contribution in [0, 0.1) is 34.0 Å². The maximum atomic E-state index is 9.25. The van der Waals surface area contributed by atoms with E-state index in [0.717, 1.165) is 0 Å². The van der Waals surface area contributed by atoms with Gasteiger partial charge in [0.1, 0.15) is 11.9 Å². The van der Waals surface area contributed by atoms with Crippen LogP contribution in [0.1, 0.15) is 11.9 Å². The number of nitrogens with zero attached hydrogens (tertiary/aromatic N) is 2. The molecule has 1 saturated heterocycles. The van der Waals surface area contributed by atoms with Gasteiger partial charge < -0.3 is 9.15 Å². The Morgan fingerprint density at radius 1 is 1.50 bits per heavy atom. The van der Waals surface area contributed by atoms with Gasteiger partial charge in [-0.1, -0.05) is 6.08 Å². The summed E-state index contributed by atoms with van der Waals surface area (Å²) in [5, 5.41) is 18.5. The highest BCUT2D eigenvalue weighted by Gasteiger charge is 2.53. The second-order valence-electron chi connectivity index (χ2n) is 3.66. The van der Waals surface area contributed by atoms with E-state index in [9.17, 15) is 10.5 Å². The zero-order valence-electron chi connectivity index (χ0n) is 8.59. The number of hydrogen-bond acceptors (Lipinski definition) is 4. The molecule has 1 fully saturated rings. The molecular weight excluding hydrogens is 204 g/mol. The molecule has 2 heterocycles. The van der Waals surface area contributed by atoms with Gasteiger partial charge in [0.15, 0.2) is 5.41 Å². The maximum absolute atomic E-state index is 9.25. The minimum atomic E-state index is -1.24. The van der Waals surface area contributed by atoms with E-state index in [4.69, 9.17) is 9.15 Å². The Hall–Kier alpha value is -2.04. The summed E-state index contributed by atoms with van der Waals surface area (Å²) in [6.45, 7) is 3.95. The van der Waals surface area contributed by atoms with Crippen LogP contribution in [0.4, 0.5) is 0 Å². The molecule has 2 unspecified atom stereocenters. The topological polar surface area (TPSA) is 69.9 Å². The Morgan fingerprint density at radius 2 is 2.25 bits per heavy atom. The van der Waals surface area contributed by atoms with E-state index in [2.05, 4.69) is 6.58 Å². The predicted molar refractivity (Wildman–Crippen MR) is 54.7 cm³/mol. The molecule has 0 N–H and O–H groups in total. The molecule has 2 atom stereocenters. The van der Waals surface area contributed by atoms with E-state index in [-0.39, 0.29) is 5.92 Å².